The number of piperidine rings is 1. The molecule has 1 unspecified atom stereocenters. The summed E-state index contributed by atoms with van der Waals surface area (Å²) >= 11 is 0. The third-order valence-corrected chi connectivity index (χ3v) is 4.82. The summed E-state index contributed by atoms with van der Waals surface area (Å²) in [4.78, 5) is 12.0. The Balaban J connectivity index is 2.23. The van der Waals surface area contributed by atoms with Crippen molar-refractivity contribution in [3.63, 3.8) is 0 Å². The van der Waals surface area contributed by atoms with Crippen LogP contribution in [0.15, 0.2) is 17.0 Å². The van der Waals surface area contributed by atoms with Gasteiger partial charge in [-0.25, -0.2) is 21.9 Å². The number of nitrogens with zero attached hydrogens (tertiary/aromatic N) is 1. The number of rotatable bonds is 3. The van der Waals surface area contributed by atoms with E-state index in [-0.39, 0.29) is 18.9 Å². The molecule has 6 nitrogen and oxygen atoms in total. The first-order valence-corrected chi connectivity index (χ1v) is 7.70. The van der Waals surface area contributed by atoms with Gasteiger partial charge in [0.05, 0.1) is 5.69 Å². The fourth-order valence-electron chi connectivity index (χ4n) is 2.14. The lowest BCUT2D eigenvalue weighted by molar-refractivity contribution is -0.132. The standard InChI is InChI=1S/C12H15F2N3O3S/c1-17-6-7(2-3-12(17)18)16-21(19,20)11-5-10(15)8(13)4-9(11)14/h4-5,7,16H,2-3,6,15H2,1H3. The maximum absolute atomic E-state index is 13.6. The van der Waals surface area contributed by atoms with Crippen LogP contribution in [0.25, 0.3) is 0 Å². The maximum Gasteiger partial charge on any atom is 0.243 e. The normalized spacial score (nSPS) is 19.9. The Morgan fingerprint density at radius 1 is 1.33 bits per heavy atom. The van der Waals surface area contributed by atoms with E-state index >= 15 is 0 Å². The summed E-state index contributed by atoms with van der Waals surface area (Å²) in [5.41, 5.74) is 4.82. The van der Waals surface area contributed by atoms with Gasteiger partial charge in [-0.2, -0.15) is 0 Å². The topological polar surface area (TPSA) is 92.5 Å². The molecule has 1 aromatic rings. The van der Waals surface area contributed by atoms with Crippen molar-refractivity contribution in [2.45, 2.75) is 23.8 Å². The van der Waals surface area contributed by atoms with Crippen LogP contribution < -0.4 is 10.5 Å². The molecule has 1 heterocycles. The number of amides is 1. The van der Waals surface area contributed by atoms with E-state index in [1.54, 1.807) is 7.05 Å². The lowest BCUT2D eigenvalue weighted by Gasteiger charge is -2.29. The molecule has 1 saturated heterocycles. The molecule has 1 aromatic carbocycles. The van der Waals surface area contributed by atoms with E-state index in [1.165, 1.54) is 4.90 Å². The Labute approximate surface area is 121 Å². The van der Waals surface area contributed by atoms with Crippen molar-refractivity contribution in [3.8, 4) is 0 Å². The molecule has 0 aliphatic carbocycles. The molecule has 3 N–H and O–H groups in total. The number of halogens is 2. The maximum atomic E-state index is 13.6. The molecule has 0 spiro atoms. The molecule has 116 valence electrons. The number of benzene rings is 1. The number of nitrogens with one attached hydrogen (secondary N) is 1. The highest BCUT2D eigenvalue weighted by Gasteiger charge is 2.29. The first-order valence-electron chi connectivity index (χ1n) is 6.21. The van der Waals surface area contributed by atoms with Gasteiger partial charge in [0.2, 0.25) is 15.9 Å². The second-order valence-corrected chi connectivity index (χ2v) is 6.62. The molecule has 0 radical (unpaired) electrons. The van der Waals surface area contributed by atoms with E-state index < -0.39 is 38.3 Å². The van der Waals surface area contributed by atoms with Gasteiger partial charge in [-0.3, -0.25) is 4.79 Å². The molecule has 0 bridgehead atoms. The number of nitrogens with two attached hydrogens (primary N) is 1. The zero-order valence-electron chi connectivity index (χ0n) is 11.3. The average Bonchev–Trinajstić information content (AvgIpc) is 2.37. The van der Waals surface area contributed by atoms with Gasteiger partial charge >= 0.3 is 0 Å². The largest absolute Gasteiger partial charge is 0.396 e. The fraction of sp³-hybridized carbons (Fsp3) is 0.417. The number of carbonyl (C=O) groups excluding carboxylic acids is 1. The van der Waals surface area contributed by atoms with Crippen LogP contribution in [-0.4, -0.2) is 38.9 Å². The number of hydrogen-bond acceptors (Lipinski definition) is 4. The monoisotopic (exact) mass is 319 g/mol. The second-order valence-electron chi connectivity index (χ2n) is 4.94. The lowest BCUT2D eigenvalue weighted by atomic mass is 10.1. The van der Waals surface area contributed by atoms with Crippen LogP contribution in [0.1, 0.15) is 12.8 Å². The lowest BCUT2D eigenvalue weighted by Crippen LogP contribution is -2.48. The Hall–Kier alpha value is -1.74. The van der Waals surface area contributed by atoms with Gasteiger partial charge in [0.15, 0.2) is 0 Å². The van der Waals surface area contributed by atoms with Gasteiger partial charge in [0.1, 0.15) is 16.5 Å². The molecule has 2 rings (SSSR count). The smallest absolute Gasteiger partial charge is 0.243 e. The van der Waals surface area contributed by atoms with E-state index in [4.69, 9.17) is 5.73 Å². The summed E-state index contributed by atoms with van der Waals surface area (Å²) in [6.45, 7) is 0.191. The molecule has 0 saturated carbocycles. The van der Waals surface area contributed by atoms with Crippen LogP contribution in [0.5, 0.6) is 0 Å². The third kappa shape index (κ3) is 3.30. The first kappa shape index (κ1) is 15.6. The highest BCUT2D eigenvalue weighted by atomic mass is 32.2. The van der Waals surface area contributed by atoms with Gasteiger partial charge < -0.3 is 10.6 Å². The molecular weight excluding hydrogens is 304 g/mol. The summed E-state index contributed by atoms with van der Waals surface area (Å²) in [5, 5.41) is 0. The highest BCUT2D eigenvalue weighted by molar-refractivity contribution is 7.89. The summed E-state index contributed by atoms with van der Waals surface area (Å²) in [7, 11) is -2.63. The minimum absolute atomic E-state index is 0.0809. The Kier molecular flexibility index (Phi) is 4.15. The van der Waals surface area contributed by atoms with Crippen molar-refractivity contribution >= 4 is 21.6 Å². The predicted octanol–water partition coefficient (Wildman–Crippen LogP) is 0.446. The van der Waals surface area contributed by atoms with Gasteiger partial charge in [-0.05, 0) is 12.5 Å². The molecule has 0 aromatic heterocycles. The molecular formula is C12H15F2N3O3S. The van der Waals surface area contributed by atoms with Crippen molar-refractivity contribution in [3.05, 3.63) is 23.8 Å². The number of sulfonamides is 1. The Morgan fingerprint density at radius 3 is 2.62 bits per heavy atom. The Bertz CT molecular complexity index is 679. The van der Waals surface area contributed by atoms with Crippen LogP contribution in [-0.2, 0) is 14.8 Å². The zero-order valence-corrected chi connectivity index (χ0v) is 12.1. The first-order chi connectivity index (χ1) is 9.70. The number of nitrogen functional groups attached to an aromatic ring is 1. The SMILES string of the molecule is CN1CC(NS(=O)(=O)c2cc(N)c(F)cc2F)CCC1=O. The summed E-state index contributed by atoms with van der Waals surface area (Å²) in [6, 6.07) is 0.647. The second kappa shape index (κ2) is 5.57. The summed E-state index contributed by atoms with van der Waals surface area (Å²) in [5.74, 6) is -2.31. The van der Waals surface area contributed by atoms with Crippen molar-refractivity contribution in [2.24, 2.45) is 0 Å². The minimum atomic E-state index is -4.18. The minimum Gasteiger partial charge on any atom is -0.396 e. The third-order valence-electron chi connectivity index (χ3n) is 3.29. The van der Waals surface area contributed by atoms with Gasteiger partial charge in [-0.15, -0.1) is 0 Å². The van der Waals surface area contributed by atoms with Crippen LogP contribution in [0, 0.1) is 11.6 Å². The molecule has 1 amide bonds. The van der Waals surface area contributed by atoms with Gasteiger partial charge in [0, 0.05) is 32.1 Å². The molecule has 1 aliphatic heterocycles. The van der Waals surface area contributed by atoms with Crippen molar-refractivity contribution in [2.75, 3.05) is 19.3 Å². The van der Waals surface area contributed by atoms with Crippen molar-refractivity contribution in [1.29, 1.82) is 0 Å². The summed E-state index contributed by atoms with van der Waals surface area (Å²) < 4.78 is 53.3. The number of carbonyl (C=O) groups is 1. The molecule has 21 heavy (non-hydrogen) atoms. The van der Waals surface area contributed by atoms with E-state index in [9.17, 15) is 22.0 Å². The van der Waals surface area contributed by atoms with Gasteiger partial charge in [-0.1, -0.05) is 0 Å². The average molecular weight is 319 g/mol. The van der Waals surface area contributed by atoms with E-state index in [0.29, 0.717) is 12.5 Å². The fourth-order valence-corrected chi connectivity index (χ4v) is 3.50. The predicted molar refractivity (Wildman–Crippen MR) is 71.8 cm³/mol. The number of hydrogen-bond donors (Lipinski definition) is 2. The van der Waals surface area contributed by atoms with Crippen LogP contribution in [0.3, 0.4) is 0 Å². The van der Waals surface area contributed by atoms with Crippen LogP contribution in [0.2, 0.25) is 0 Å². The number of likely N-dealkylation sites (N-methyl/N-ethyl adjacent to an activating group) is 1. The van der Waals surface area contributed by atoms with Crippen LogP contribution >= 0.6 is 0 Å². The van der Waals surface area contributed by atoms with Crippen molar-refractivity contribution in [1.82, 2.24) is 9.62 Å². The van der Waals surface area contributed by atoms with Gasteiger partial charge in [0.25, 0.3) is 0 Å². The van der Waals surface area contributed by atoms with Crippen LogP contribution in [0.4, 0.5) is 14.5 Å². The molecule has 1 aliphatic rings. The van der Waals surface area contributed by atoms with Crippen molar-refractivity contribution < 1.29 is 22.0 Å². The van der Waals surface area contributed by atoms with E-state index in [1.807, 2.05) is 0 Å². The summed E-state index contributed by atoms with van der Waals surface area (Å²) in [6.07, 6.45) is 0.526. The molecule has 9 heteroatoms. The highest BCUT2D eigenvalue weighted by Crippen LogP contribution is 2.22. The molecule has 1 fully saturated rings. The number of likely N-dealkylation sites (tertiary alicyclic amines) is 1. The number of anilines is 1. The quantitative estimate of drug-likeness (QED) is 0.791. The molecule has 1 atom stereocenters. The Morgan fingerprint density at radius 2 is 2.00 bits per heavy atom. The van der Waals surface area contributed by atoms with E-state index in [0.717, 1.165) is 6.07 Å². The van der Waals surface area contributed by atoms with E-state index in [2.05, 4.69) is 4.72 Å². The zero-order chi connectivity index (χ0) is 15.8.